The first-order chi connectivity index (χ1) is 23.6. The fourth-order valence-electron chi connectivity index (χ4n) is 7.17. The van der Waals surface area contributed by atoms with E-state index in [1.165, 1.54) is 4.90 Å². The molecule has 1 aromatic rings. The number of carbonyl (C=O) groups excluding carboxylic acids is 5. The molecule has 3 fully saturated rings. The number of carbonyl (C=O) groups is 5. The second-order valence-corrected chi connectivity index (χ2v) is 17.1. The van der Waals surface area contributed by atoms with Crippen LogP contribution in [0.5, 0.6) is 0 Å². The molecule has 5 atom stereocenters. The fourth-order valence-corrected chi connectivity index (χ4v) is 8.53. The van der Waals surface area contributed by atoms with Crippen LogP contribution in [0, 0.1) is 11.3 Å². The molecule has 272 valence electrons. The predicted molar refractivity (Wildman–Crippen MR) is 181 cm³/mol. The largest absolute Gasteiger partial charge is 0.450 e. The van der Waals surface area contributed by atoms with Gasteiger partial charge in [0.1, 0.15) is 23.7 Å². The summed E-state index contributed by atoms with van der Waals surface area (Å²) in [6, 6.07) is 3.58. The highest BCUT2D eigenvalue weighted by Crippen LogP contribution is 2.47. The third kappa shape index (κ3) is 7.33. The molecule has 15 heteroatoms. The zero-order chi connectivity index (χ0) is 36.0. The van der Waals surface area contributed by atoms with Gasteiger partial charge in [0.15, 0.2) is 0 Å². The van der Waals surface area contributed by atoms with Crippen LogP contribution in [0.25, 0.3) is 6.08 Å². The summed E-state index contributed by atoms with van der Waals surface area (Å²) in [4.78, 5) is 71.2. The number of rotatable bonds is 6. The number of nitrogens with one attached hydrogen (secondary N) is 3. The van der Waals surface area contributed by atoms with Gasteiger partial charge < -0.3 is 25.0 Å². The molecule has 14 nitrogen and oxygen atoms in total. The van der Waals surface area contributed by atoms with Crippen molar-refractivity contribution in [3.8, 4) is 0 Å². The molecule has 2 aliphatic carbocycles. The quantitative estimate of drug-likeness (QED) is 0.400. The number of cyclic esters (lactones) is 1. The van der Waals surface area contributed by atoms with Crippen molar-refractivity contribution in [2.45, 2.75) is 115 Å². The van der Waals surface area contributed by atoms with E-state index in [1.807, 2.05) is 37.3 Å². The number of hydrogen-bond donors (Lipinski definition) is 3. The predicted octanol–water partition coefficient (Wildman–Crippen LogP) is 2.95. The average Bonchev–Trinajstić information content (AvgIpc) is 3.94. The van der Waals surface area contributed by atoms with Gasteiger partial charge in [-0.25, -0.2) is 18.0 Å². The van der Waals surface area contributed by atoms with Crippen molar-refractivity contribution in [1.82, 2.24) is 25.2 Å². The summed E-state index contributed by atoms with van der Waals surface area (Å²) >= 11 is 0. The summed E-state index contributed by atoms with van der Waals surface area (Å²) in [6.07, 6.45) is 4.57. The Morgan fingerprint density at radius 1 is 1.12 bits per heavy atom. The molecule has 4 bridgehead atoms. The van der Waals surface area contributed by atoms with Crippen molar-refractivity contribution >= 4 is 46.0 Å². The molecule has 0 spiro atoms. The molecule has 5 aliphatic rings. The van der Waals surface area contributed by atoms with Crippen LogP contribution in [0.2, 0.25) is 0 Å². The van der Waals surface area contributed by atoms with E-state index in [1.54, 1.807) is 25.7 Å². The highest BCUT2D eigenvalue weighted by molar-refractivity contribution is 7.91. The van der Waals surface area contributed by atoms with Crippen molar-refractivity contribution in [3.05, 3.63) is 41.0 Å². The summed E-state index contributed by atoms with van der Waals surface area (Å²) in [7, 11) is -3.87. The van der Waals surface area contributed by atoms with E-state index in [-0.39, 0.29) is 31.9 Å². The van der Waals surface area contributed by atoms with Crippen LogP contribution in [0.1, 0.15) is 89.3 Å². The summed E-state index contributed by atoms with van der Waals surface area (Å²) in [5.74, 6) is -2.35. The minimum Gasteiger partial charge on any atom is -0.450 e. The molecule has 1 aromatic carbocycles. The average molecular weight is 714 g/mol. The molecule has 3 heterocycles. The van der Waals surface area contributed by atoms with Crippen molar-refractivity contribution < 1.29 is 41.9 Å². The smallest absolute Gasteiger partial charge is 0.410 e. The van der Waals surface area contributed by atoms with E-state index < -0.39 is 74.3 Å². The number of hydrogen-bond acceptors (Lipinski definition) is 9. The van der Waals surface area contributed by atoms with Gasteiger partial charge in [-0.2, -0.15) is 0 Å². The third-order valence-electron chi connectivity index (χ3n) is 10.4. The summed E-state index contributed by atoms with van der Waals surface area (Å²) in [5, 5.41) is 4.87. The molecular formula is C35H47N5O9S. The third-order valence-corrected chi connectivity index (χ3v) is 12.2. The van der Waals surface area contributed by atoms with Gasteiger partial charge in [-0.05, 0) is 60.1 Å². The van der Waals surface area contributed by atoms with Crippen LogP contribution < -0.4 is 15.4 Å². The van der Waals surface area contributed by atoms with E-state index >= 15 is 0 Å². The number of sulfonamides is 1. The number of allylic oxidation sites excluding steroid dienone is 1. The van der Waals surface area contributed by atoms with Gasteiger partial charge in [0.05, 0.1) is 24.9 Å². The van der Waals surface area contributed by atoms with Crippen LogP contribution in [0.3, 0.4) is 0 Å². The van der Waals surface area contributed by atoms with Crippen molar-refractivity contribution in [3.63, 3.8) is 0 Å². The molecule has 3 aliphatic heterocycles. The Bertz CT molecular complexity index is 1700. The van der Waals surface area contributed by atoms with Gasteiger partial charge in [-0.3, -0.25) is 24.0 Å². The van der Waals surface area contributed by atoms with Gasteiger partial charge in [-0.1, -0.05) is 64.5 Å². The molecule has 3 N–H and O–H groups in total. The first kappa shape index (κ1) is 35.7. The minimum absolute atomic E-state index is 0.0612. The SMILES string of the molecule is CC[C@H]1C[C@]1(NC(=O)[C@@H]1C[C@@H]2CN1C(=O)[C@H](C(C)(C)C)NC(=O)OCCC/C=C/c1cccc3c1CN(C3)C(=O)O2)C(=O)NS(=O)(=O)C1CC1. The Balaban J connectivity index is 1.27. The summed E-state index contributed by atoms with van der Waals surface area (Å²) in [6.45, 7) is 7.84. The summed E-state index contributed by atoms with van der Waals surface area (Å²) in [5.41, 5.74) is 0.707. The van der Waals surface area contributed by atoms with Crippen LogP contribution in [0.4, 0.5) is 9.59 Å². The molecule has 1 saturated heterocycles. The van der Waals surface area contributed by atoms with E-state index in [9.17, 15) is 32.4 Å². The van der Waals surface area contributed by atoms with Crippen LogP contribution in [-0.2, 0) is 47.0 Å². The molecule has 5 amide bonds. The molecule has 0 radical (unpaired) electrons. The number of nitrogens with zero attached hydrogens (tertiary/aromatic N) is 2. The number of fused-ring (bicyclic) bond motifs is 3. The molecule has 6 rings (SSSR count). The van der Waals surface area contributed by atoms with E-state index in [2.05, 4.69) is 15.4 Å². The number of ether oxygens (including phenoxy) is 2. The van der Waals surface area contributed by atoms with Gasteiger partial charge >= 0.3 is 12.2 Å². The van der Waals surface area contributed by atoms with Gasteiger partial charge in [0, 0.05) is 13.0 Å². The lowest BCUT2D eigenvalue weighted by Gasteiger charge is -2.35. The lowest BCUT2D eigenvalue weighted by atomic mass is 9.85. The lowest BCUT2D eigenvalue weighted by Crippen LogP contribution is -2.60. The van der Waals surface area contributed by atoms with Crippen LogP contribution in [0.15, 0.2) is 24.3 Å². The van der Waals surface area contributed by atoms with E-state index in [0.29, 0.717) is 45.2 Å². The second kappa shape index (κ2) is 13.5. The minimum atomic E-state index is -3.87. The fraction of sp³-hybridized carbons (Fsp3) is 0.629. The highest BCUT2D eigenvalue weighted by Gasteiger charge is 2.62. The zero-order valence-electron chi connectivity index (χ0n) is 29.0. The number of benzene rings is 1. The maximum atomic E-state index is 14.3. The molecule has 2 saturated carbocycles. The maximum absolute atomic E-state index is 14.3. The standard InChI is InChI=1S/C35H47N5O9S/c1-5-23-17-35(23,31(43)38-50(46,47)25-13-14-25)37-29(41)27-16-24-19-40(27)30(42)28(34(2,3)4)36-32(44)48-15-8-6-7-10-21-11-9-12-22-18-39(20-26(21)22)33(45)49-24/h7,9-12,23-25,27-28H,5-6,8,13-20H2,1-4H3,(H,36,44)(H,37,41)(H,38,43)/b10-7+/t23-,24+,27-,28+,35+/m0/s1. The first-order valence-corrected chi connectivity index (χ1v) is 19.0. The van der Waals surface area contributed by atoms with Gasteiger partial charge in [0.25, 0.3) is 5.91 Å². The van der Waals surface area contributed by atoms with Gasteiger partial charge in [-0.15, -0.1) is 0 Å². The topological polar surface area (TPSA) is 181 Å². The Labute approximate surface area is 292 Å². The molecule has 50 heavy (non-hydrogen) atoms. The Hall–Kier alpha value is -4.14. The van der Waals surface area contributed by atoms with E-state index in [4.69, 9.17) is 9.47 Å². The van der Waals surface area contributed by atoms with Crippen molar-refractivity contribution in [2.24, 2.45) is 11.3 Å². The Morgan fingerprint density at radius 3 is 2.56 bits per heavy atom. The van der Waals surface area contributed by atoms with Crippen LogP contribution in [-0.4, -0.2) is 90.3 Å². The van der Waals surface area contributed by atoms with Gasteiger partial charge in [0.2, 0.25) is 21.8 Å². The molecule has 0 unspecified atom stereocenters. The molecule has 0 aromatic heterocycles. The van der Waals surface area contributed by atoms with E-state index in [0.717, 1.165) is 16.7 Å². The highest BCUT2D eigenvalue weighted by atomic mass is 32.2. The normalized spacial score (nSPS) is 29.5. The lowest BCUT2D eigenvalue weighted by molar-refractivity contribution is -0.143. The Kier molecular flexibility index (Phi) is 9.66. The number of alkyl carbamates (subject to hydrolysis) is 1. The Morgan fingerprint density at radius 2 is 1.88 bits per heavy atom. The monoisotopic (exact) mass is 713 g/mol. The number of amides is 5. The summed E-state index contributed by atoms with van der Waals surface area (Å²) < 4.78 is 38.8. The van der Waals surface area contributed by atoms with Crippen LogP contribution >= 0.6 is 0 Å². The maximum Gasteiger partial charge on any atom is 0.410 e. The van der Waals surface area contributed by atoms with Crippen molar-refractivity contribution in [2.75, 3.05) is 13.2 Å². The molecular weight excluding hydrogens is 666 g/mol. The second-order valence-electron chi connectivity index (χ2n) is 15.2. The van der Waals surface area contributed by atoms with Crippen molar-refractivity contribution in [1.29, 1.82) is 0 Å². The zero-order valence-corrected chi connectivity index (χ0v) is 29.8. The first-order valence-electron chi connectivity index (χ1n) is 17.5.